The molecule has 0 spiro atoms. The monoisotopic (exact) mass is 448 g/mol. The Kier molecular flexibility index (Phi) is 5.61. The third kappa shape index (κ3) is 4.28. The molecule has 0 unspecified atom stereocenters. The number of pyridine rings is 2. The normalized spacial score (nSPS) is 11.6. The number of nitrogens with zero attached hydrogens (tertiary/aromatic N) is 4. The van der Waals surface area contributed by atoms with Crippen LogP contribution in [0.15, 0.2) is 42.6 Å². The summed E-state index contributed by atoms with van der Waals surface area (Å²) in [6, 6.07) is 10.5. The van der Waals surface area contributed by atoms with Gasteiger partial charge in [-0.3, -0.25) is 0 Å². The molecule has 33 heavy (non-hydrogen) atoms. The van der Waals surface area contributed by atoms with Crippen molar-refractivity contribution in [3.05, 3.63) is 59.7 Å². The van der Waals surface area contributed by atoms with Gasteiger partial charge in [-0.25, -0.2) is 14.8 Å². The van der Waals surface area contributed by atoms with Crippen LogP contribution in [0.1, 0.15) is 31.9 Å². The van der Waals surface area contributed by atoms with Crippen LogP contribution in [0, 0.1) is 19.8 Å². The summed E-state index contributed by atoms with van der Waals surface area (Å²) < 4.78 is 25.8. The van der Waals surface area contributed by atoms with E-state index in [9.17, 15) is 9.18 Å². The van der Waals surface area contributed by atoms with Crippen molar-refractivity contribution in [2.45, 2.75) is 40.2 Å². The zero-order valence-electron chi connectivity index (χ0n) is 19.4. The molecular weight excluding hydrogens is 423 g/mol. The molecule has 0 saturated heterocycles. The summed E-state index contributed by atoms with van der Waals surface area (Å²) in [5, 5.41) is 4.49. The summed E-state index contributed by atoms with van der Waals surface area (Å²) in [6.45, 7) is 9.38. The Morgan fingerprint density at radius 1 is 1.09 bits per heavy atom. The first-order chi connectivity index (χ1) is 15.6. The zero-order chi connectivity index (χ0) is 23.9. The van der Waals surface area contributed by atoms with Crippen molar-refractivity contribution < 1.29 is 18.7 Å². The zero-order valence-corrected chi connectivity index (χ0v) is 19.4. The maximum absolute atomic E-state index is 13.5. The van der Waals surface area contributed by atoms with Gasteiger partial charge < -0.3 is 9.47 Å². The topological polar surface area (TPSA) is 79.1 Å². The highest BCUT2D eigenvalue weighted by molar-refractivity contribution is 5.97. The van der Waals surface area contributed by atoms with E-state index in [2.05, 4.69) is 10.1 Å². The highest BCUT2D eigenvalue weighted by atomic mass is 19.1. The smallest absolute Gasteiger partial charge is 0.435 e. The number of ether oxygens (including phenoxy) is 2. The Morgan fingerprint density at radius 3 is 2.48 bits per heavy atom. The third-order valence-electron chi connectivity index (χ3n) is 5.27. The Bertz CT molecular complexity index is 1360. The molecule has 0 aliphatic heterocycles. The van der Waals surface area contributed by atoms with Crippen LogP contribution in [-0.4, -0.2) is 38.6 Å². The van der Waals surface area contributed by atoms with E-state index < -0.39 is 17.6 Å². The maximum Gasteiger partial charge on any atom is 0.435 e. The molecule has 3 aromatic heterocycles. The van der Waals surface area contributed by atoms with E-state index in [1.54, 1.807) is 40.0 Å². The Labute approximate surface area is 191 Å². The van der Waals surface area contributed by atoms with Gasteiger partial charge in [0.2, 0.25) is 5.95 Å². The number of benzene rings is 1. The Balaban J connectivity index is 2.02. The number of aromatic nitrogens is 4. The van der Waals surface area contributed by atoms with Crippen LogP contribution >= 0.6 is 0 Å². The number of carbonyl (C=O) groups is 1. The first kappa shape index (κ1) is 22.4. The van der Waals surface area contributed by atoms with Crippen molar-refractivity contribution in [3.63, 3.8) is 0 Å². The number of aryl methyl sites for hydroxylation is 1. The molecule has 0 bridgehead atoms. The van der Waals surface area contributed by atoms with Crippen molar-refractivity contribution in [3.8, 4) is 28.3 Å². The van der Waals surface area contributed by atoms with E-state index in [4.69, 9.17) is 14.5 Å². The quantitative estimate of drug-likeness (QED) is 0.374. The lowest BCUT2D eigenvalue weighted by atomic mass is 9.99. The van der Waals surface area contributed by atoms with Gasteiger partial charge in [0.15, 0.2) is 0 Å². The molecule has 8 heteroatoms. The van der Waals surface area contributed by atoms with Gasteiger partial charge in [-0.15, -0.1) is 0 Å². The van der Waals surface area contributed by atoms with E-state index in [0.717, 1.165) is 21.4 Å². The predicted molar refractivity (Wildman–Crippen MR) is 124 cm³/mol. The van der Waals surface area contributed by atoms with Crippen LogP contribution in [0.5, 0.6) is 5.75 Å². The number of hydrogen-bond donors (Lipinski definition) is 0. The number of methoxy groups -OCH3 is 1. The highest BCUT2D eigenvalue weighted by Crippen LogP contribution is 2.37. The summed E-state index contributed by atoms with van der Waals surface area (Å²) in [5.74, 6) is -0.120. The molecule has 0 radical (unpaired) electrons. The minimum atomic E-state index is -0.719. The molecule has 4 aromatic rings. The lowest BCUT2D eigenvalue weighted by Crippen LogP contribution is -2.27. The van der Waals surface area contributed by atoms with Crippen LogP contribution in [-0.2, 0) is 4.74 Å². The van der Waals surface area contributed by atoms with Gasteiger partial charge in [0.05, 0.1) is 7.11 Å². The number of halogens is 1. The molecule has 7 nitrogen and oxygen atoms in total. The number of hydrogen-bond acceptors (Lipinski definition) is 6. The molecule has 0 amide bonds. The van der Waals surface area contributed by atoms with E-state index in [-0.39, 0.29) is 0 Å². The van der Waals surface area contributed by atoms with Crippen molar-refractivity contribution in [1.29, 1.82) is 0 Å². The predicted octanol–water partition coefficient (Wildman–Crippen LogP) is 5.71. The van der Waals surface area contributed by atoms with Crippen molar-refractivity contribution in [2.24, 2.45) is 0 Å². The van der Waals surface area contributed by atoms with Gasteiger partial charge >= 0.3 is 6.09 Å². The van der Waals surface area contributed by atoms with Gasteiger partial charge in [0.1, 0.15) is 33.8 Å². The Morgan fingerprint density at radius 2 is 1.85 bits per heavy atom. The molecule has 0 aliphatic carbocycles. The fourth-order valence-electron chi connectivity index (χ4n) is 3.53. The first-order valence-corrected chi connectivity index (χ1v) is 10.5. The third-order valence-corrected chi connectivity index (χ3v) is 5.27. The number of carbonyl (C=O) groups excluding carboxylic acids is 1. The van der Waals surface area contributed by atoms with Gasteiger partial charge in [0.25, 0.3) is 0 Å². The fraction of sp³-hybridized carbons (Fsp3) is 0.280. The van der Waals surface area contributed by atoms with Crippen LogP contribution in [0.2, 0.25) is 0 Å². The van der Waals surface area contributed by atoms with Crippen molar-refractivity contribution in [2.75, 3.05) is 7.11 Å². The lowest BCUT2D eigenvalue weighted by molar-refractivity contribution is 0.0523. The molecular formula is C25H25FN4O3. The van der Waals surface area contributed by atoms with Crippen LogP contribution in [0.3, 0.4) is 0 Å². The van der Waals surface area contributed by atoms with Crippen LogP contribution in [0.25, 0.3) is 33.5 Å². The lowest BCUT2D eigenvalue weighted by Gasteiger charge is -2.19. The maximum atomic E-state index is 13.5. The SMILES string of the molecule is COc1cc2c(nc1-c1cccc(C)c1C)c(-c1ccc(F)nc1)nn2C(=O)OC(C)(C)C. The molecule has 170 valence electrons. The fourth-order valence-corrected chi connectivity index (χ4v) is 3.53. The minimum absolute atomic E-state index is 0.387. The molecule has 1 aromatic carbocycles. The molecule has 0 N–H and O–H groups in total. The average molecular weight is 448 g/mol. The molecule has 0 aliphatic rings. The highest BCUT2D eigenvalue weighted by Gasteiger charge is 2.26. The van der Waals surface area contributed by atoms with Gasteiger partial charge in [-0.05, 0) is 57.9 Å². The van der Waals surface area contributed by atoms with Crippen molar-refractivity contribution in [1.82, 2.24) is 19.7 Å². The number of rotatable bonds is 3. The summed E-state index contributed by atoms with van der Waals surface area (Å²) >= 11 is 0. The standard InChI is InChI=1S/C25H25FN4O3/c1-14-8-7-9-17(15(14)2)22-19(32-6)12-18-23(28-22)21(16-10-11-20(26)27-13-16)29-30(18)24(31)33-25(3,4)5/h7-13H,1-6H3. The molecule has 0 atom stereocenters. The molecule has 0 fully saturated rings. The van der Waals surface area contributed by atoms with Crippen LogP contribution in [0.4, 0.5) is 9.18 Å². The average Bonchev–Trinajstić information content (AvgIpc) is 3.13. The van der Waals surface area contributed by atoms with E-state index in [1.165, 1.54) is 12.3 Å². The van der Waals surface area contributed by atoms with E-state index >= 15 is 0 Å². The molecule has 0 saturated carbocycles. The Hall–Kier alpha value is -3.81. The minimum Gasteiger partial charge on any atom is -0.494 e. The second-order valence-electron chi connectivity index (χ2n) is 8.76. The summed E-state index contributed by atoms with van der Waals surface area (Å²) in [5.41, 5.74) is 4.75. The summed E-state index contributed by atoms with van der Waals surface area (Å²) in [6.07, 6.45) is 0.706. The second-order valence-corrected chi connectivity index (χ2v) is 8.76. The van der Waals surface area contributed by atoms with E-state index in [0.29, 0.717) is 33.7 Å². The van der Waals surface area contributed by atoms with Gasteiger partial charge in [-0.2, -0.15) is 14.2 Å². The van der Waals surface area contributed by atoms with Gasteiger partial charge in [0, 0.05) is 23.4 Å². The van der Waals surface area contributed by atoms with Crippen molar-refractivity contribution >= 4 is 17.1 Å². The first-order valence-electron chi connectivity index (χ1n) is 10.5. The molecule has 4 rings (SSSR count). The largest absolute Gasteiger partial charge is 0.494 e. The number of fused-ring (bicyclic) bond motifs is 1. The molecule has 3 heterocycles. The summed E-state index contributed by atoms with van der Waals surface area (Å²) in [7, 11) is 1.55. The van der Waals surface area contributed by atoms with Gasteiger partial charge in [-0.1, -0.05) is 18.2 Å². The second kappa shape index (κ2) is 8.27. The van der Waals surface area contributed by atoms with Crippen LogP contribution < -0.4 is 4.74 Å². The van der Waals surface area contributed by atoms with E-state index in [1.807, 2.05) is 32.0 Å². The summed E-state index contributed by atoms with van der Waals surface area (Å²) in [4.78, 5) is 21.6.